The molecule has 1 atom stereocenters. The van der Waals surface area contributed by atoms with Gasteiger partial charge in [0.25, 0.3) is 0 Å². The van der Waals surface area contributed by atoms with E-state index in [1.807, 2.05) is 0 Å². The van der Waals surface area contributed by atoms with Crippen LogP contribution in [0.25, 0.3) is 0 Å². The Labute approximate surface area is 142 Å². The van der Waals surface area contributed by atoms with E-state index in [9.17, 15) is 14.0 Å². The van der Waals surface area contributed by atoms with Crippen LogP contribution in [0, 0.1) is 5.82 Å². The van der Waals surface area contributed by atoms with Crippen LogP contribution in [-0.4, -0.2) is 18.1 Å². The first-order valence-electron chi connectivity index (χ1n) is 7.12. The van der Waals surface area contributed by atoms with Crippen LogP contribution >= 0.6 is 11.6 Å². The molecule has 2 aromatic rings. The van der Waals surface area contributed by atoms with E-state index in [1.54, 1.807) is 24.3 Å². The summed E-state index contributed by atoms with van der Waals surface area (Å²) in [6.07, 6.45) is 0.399. The minimum absolute atomic E-state index is 0.0783. The zero-order valence-electron chi connectivity index (χ0n) is 12.3. The van der Waals surface area contributed by atoms with Gasteiger partial charge in [0, 0.05) is 11.1 Å². The van der Waals surface area contributed by atoms with E-state index in [4.69, 9.17) is 16.3 Å². The highest BCUT2D eigenvalue weighted by Gasteiger charge is 2.31. The number of ether oxygens (including phenoxy) is 1. The maximum Gasteiger partial charge on any atom is 0.339 e. The number of rotatable bonds is 4. The first kappa shape index (κ1) is 16.1. The smallest absolute Gasteiger partial charge is 0.339 e. The monoisotopic (exact) mass is 346 g/mol. The molecule has 0 bridgehead atoms. The molecular formula is C17H12ClFN2O3. The maximum absolute atomic E-state index is 13.6. The Morgan fingerprint density at radius 1 is 1.29 bits per heavy atom. The van der Waals surface area contributed by atoms with Crippen LogP contribution in [0.5, 0.6) is 0 Å². The number of hydrazone groups is 1. The SMILES string of the molecule is O=C(CC1OC(=O)c2ccccc21)N/N=C/c1c(F)cccc1Cl. The summed E-state index contributed by atoms with van der Waals surface area (Å²) < 4.78 is 18.7. The van der Waals surface area contributed by atoms with Gasteiger partial charge in [0.15, 0.2) is 0 Å². The lowest BCUT2D eigenvalue weighted by Gasteiger charge is -2.09. The Bertz CT molecular complexity index is 818. The van der Waals surface area contributed by atoms with Crippen molar-refractivity contribution in [3.63, 3.8) is 0 Å². The Morgan fingerprint density at radius 2 is 2.08 bits per heavy atom. The van der Waals surface area contributed by atoms with Crippen LogP contribution < -0.4 is 5.43 Å². The average molecular weight is 347 g/mol. The summed E-state index contributed by atoms with van der Waals surface area (Å²) >= 11 is 5.85. The normalized spacial score (nSPS) is 16.1. The fourth-order valence-electron chi connectivity index (χ4n) is 2.39. The highest BCUT2D eigenvalue weighted by atomic mass is 35.5. The molecule has 3 rings (SSSR count). The molecule has 122 valence electrons. The number of benzene rings is 2. The molecule has 2 aromatic carbocycles. The number of hydrogen-bond donors (Lipinski definition) is 1. The molecule has 1 amide bonds. The minimum atomic E-state index is -0.652. The number of amides is 1. The number of carbonyl (C=O) groups excluding carboxylic acids is 2. The Kier molecular flexibility index (Phi) is 4.57. The third kappa shape index (κ3) is 3.28. The molecule has 0 radical (unpaired) electrons. The van der Waals surface area contributed by atoms with Crippen molar-refractivity contribution < 1.29 is 18.7 Å². The summed E-state index contributed by atoms with van der Waals surface area (Å²) in [4.78, 5) is 23.6. The van der Waals surface area contributed by atoms with Gasteiger partial charge in [-0.05, 0) is 18.2 Å². The summed E-state index contributed by atoms with van der Waals surface area (Å²) in [5, 5.41) is 3.88. The van der Waals surface area contributed by atoms with Gasteiger partial charge in [0.2, 0.25) is 5.91 Å². The van der Waals surface area contributed by atoms with Crippen molar-refractivity contribution in [2.45, 2.75) is 12.5 Å². The summed E-state index contributed by atoms with van der Waals surface area (Å²) in [5.41, 5.74) is 3.47. The minimum Gasteiger partial charge on any atom is -0.453 e. The Hall–Kier alpha value is -2.73. The van der Waals surface area contributed by atoms with Crippen molar-refractivity contribution >= 4 is 29.7 Å². The summed E-state index contributed by atoms with van der Waals surface area (Å²) in [6.45, 7) is 0. The molecular weight excluding hydrogens is 335 g/mol. The number of halogens is 2. The second kappa shape index (κ2) is 6.80. The molecule has 0 fully saturated rings. The lowest BCUT2D eigenvalue weighted by molar-refractivity contribution is -0.122. The van der Waals surface area contributed by atoms with Crippen LogP contribution in [0.3, 0.4) is 0 Å². The number of esters is 1. The van der Waals surface area contributed by atoms with Crippen molar-refractivity contribution in [2.24, 2.45) is 5.10 Å². The van der Waals surface area contributed by atoms with Crippen molar-refractivity contribution in [1.29, 1.82) is 0 Å². The molecule has 0 saturated carbocycles. The largest absolute Gasteiger partial charge is 0.453 e. The van der Waals surface area contributed by atoms with Gasteiger partial charge in [-0.2, -0.15) is 5.10 Å². The molecule has 1 aliphatic heterocycles. The summed E-state index contributed by atoms with van der Waals surface area (Å²) in [6, 6.07) is 11.1. The van der Waals surface area contributed by atoms with Gasteiger partial charge >= 0.3 is 5.97 Å². The van der Waals surface area contributed by atoms with Crippen LogP contribution in [0.15, 0.2) is 47.6 Å². The fraction of sp³-hybridized carbons (Fsp3) is 0.118. The first-order chi connectivity index (χ1) is 11.6. The van der Waals surface area contributed by atoms with Gasteiger partial charge in [-0.1, -0.05) is 35.9 Å². The molecule has 5 nitrogen and oxygen atoms in total. The standard InChI is InChI=1S/C17H12ClFN2O3/c18-13-6-3-7-14(19)12(13)9-20-21-16(22)8-15-10-4-1-2-5-11(10)17(23)24-15/h1-7,9,15H,8H2,(H,21,22)/b20-9+. The van der Waals surface area contributed by atoms with Crippen molar-refractivity contribution in [1.82, 2.24) is 5.43 Å². The topological polar surface area (TPSA) is 67.8 Å². The van der Waals surface area contributed by atoms with Gasteiger partial charge < -0.3 is 4.74 Å². The second-order valence-electron chi connectivity index (χ2n) is 5.11. The van der Waals surface area contributed by atoms with Crippen molar-refractivity contribution in [3.8, 4) is 0 Å². The lowest BCUT2D eigenvalue weighted by atomic mass is 10.0. The van der Waals surface area contributed by atoms with Gasteiger partial charge in [-0.3, -0.25) is 4.79 Å². The number of cyclic esters (lactones) is 1. The summed E-state index contributed by atoms with van der Waals surface area (Å²) in [5.74, 6) is -1.46. The molecule has 24 heavy (non-hydrogen) atoms. The zero-order valence-corrected chi connectivity index (χ0v) is 13.1. The Morgan fingerprint density at radius 3 is 2.88 bits per heavy atom. The molecule has 1 heterocycles. The zero-order chi connectivity index (χ0) is 17.1. The fourth-order valence-corrected chi connectivity index (χ4v) is 2.60. The molecule has 0 aliphatic carbocycles. The molecule has 0 spiro atoms. The Balaban J connectivity index is 1.63. The van der Waals surface area contributed by atoms with E-state index < -0.39 is 23.8 Å². The van der Waals surface area contributed by atoms with E-state index in [1.165, 1.54) is 18.2 Å². The molecule has 1 aliphatic rings. The highest BCUT2D eigenvalue weighted by molar-refractivity contribution is 6.33. The number of fused-ring (bicyclic) bond motifs is 1. The third-order valence-electron chi connectivity index (χ3n) is 3.53. The van der Waals surface area contributed by atoms with E-state index >= 15 is 0 Å². The highest BCUT2D eigenvalue weighted by Crippen LogP contribution is 2.32. The van der Waals surface area contributed by atoms with E-state index in [0.717, 1.165) is 6.21 Å². The molecule has 1 unspecified atom stereocenters. The lowest BCUT2D eigenvalue weighted by Crippen LogP contribution is -2.20. The van der Waals surface area contributed by atoms with Gasteiger partial charge in [0.1, 0.15) is 11.9 Å². The number of hydrogen-bond acceptors (Lipinski definition) is 4. The van der Waals surface area contributed by atoms with Crippen LogP contribution in [0.1, 0.15) is 34.0 Å². The van der Waals surface area contributed by atoms with E-state index in [-0.39, 0.29) is 17.0 Å². The number of nitrogens with one attached hydrogen (secondary N) is 1. The van der Waals surface area contributed by atoms with E-state index in [0.29, 0.717) is 11.1 Å². The van der Waals surface area contributed by atoms with E-state index in [2.05, 4.69) is 10.5 Å². The average Bonchev–Trinajstić information content (AvgIpc) is 2.87. The quantitative estimate of drug-likeness (QED) is 0.525. The van der Waals surface area contributed by atoms with Crippen LogP contribution in [-0.2, 0) is 9.53 Å². The second-order valence-corrected chi connectivity index (χ2v) is 5.52. The molecule has 0 saturated heterocycles. The third-order valence-corrected chi connectivity index (χ3v) is 3.86. The molecule has 7 heteroatoms. The van der Waals surface area contributed by atoms with Crippen molar-refractivity contribution in [2.75, 3.05) is 0 Å². The maximum atomic E-state index is 13.6. The van der Waals surface area contributed by atoms with Crippen molar-refractivity contribution in [3.05, 3.63) is 70.0 Å². The first-order valence-corrected chi connectivity index (χ1v) is 7.50. The van der Waals surface area contributed by atoms with Gasteiger partial charge in [-0.15, -0.1) is 0 Å². The molecule has 0 aromatic heterocycles. The van der Waals surface area contributed by atoms with Crippen LogP contribution in [0.2, 0.25) is 5.02 Å². The van der Waals surface area contributed by atoms with Gasteiger partial charge in [-0.25, -0.2) is 14.6 Å². The number of nitrogens with zero attached hydrogens (tertiary/aromatic N) is 1. The predicted molar refractivity (Wildman–Crippen MR) is 86.4 cm³/mol. The summed E-state index contributed by atoms with van der Waals surface area (Å²) in [7, 11) is 0. The molecule has 1 N–H and O–H groups in total. The number of carbonyl (C=O) groups is 2. The van der Waals surface area contributed by atoms with Crippen LogP contribution in [0.4, 0.5) is 4.39 Å². The van der Waals surface area contributed by atoms with Gasteiger partial charge in [0.05, 0.1) is 23.2 Å². The predicted octanol–water partition coefficient (Wildman–Crippen LogP) is 3.23.